The average Bonchev–Trinajstić information content (AvgIpc) is 3.15. The summed E-state index contributed by atoms with van der Waals surface area (Å²) in [7, 11) is 0. The lowest BCUT2D eigenvalue weighted by Crippen LogP contribution is -2.24. The molecule has 8 heteroatoms. The van der Waals surface area contributed by atoms with Crippen molar-refractivity contribution in [2.45, 2.75) is 13.0 Å². The van der Waals surface area contributed by atoms with Crippen molar-refractivity contribution in [2.75, 3.05) is 0 Å². The fourth-order valence-electron chi connectivity index (χ4n) is 2.19. The molecule has 0 spiro atoms. The van der Waals surface area contributed by atoms with Gasteiger partial charge in [-0.2, -0.15) is 0 Å². The third kappa shape index (κ3) is 3.89. The Balaban J connectivity index is 1.68. The van der Waals surface area contributed by atoms with E-state index >= 15 is 0 Å². The lowest BCUT2D eigenvalue weighted by Gasteiger charge is -2.12. The minimum atomic E-state index is -0.926. The predicted molar refractivity (Wildman–Crippen MR) is 89.8 cm³/mol. The largest absolute Gasteiger partial charge is 0.451 e. The molecule has 126 valence electrons. The minimum absolute atomic E-state index is 0.318. The zero-order chi connectivity index (χ0) is 17.8. The highest BCUT2D eigenvalue weighted by Gasteiger charge is 2.20. The molecular weight excluding hydrogens is 344 g/mol. The highest BCUT2D eigenvalue weighted by molar-refractivity contribution is 6.31. The third-order valence-corrected chi connectivity index (χ3v) is 3.71. The third-order valence-electron chi connectivity index (χ3n) is 3.48. The number of hydrogen-bond donors (Lipinski definition) is 0. The molecule has 0 aliphatic heterocycles. The molecule has 0 saturated heterocycles. The van der Waals surface area contributed by atoms with Crippen molar-refractivity contribution in [3.05, 3.63) is 71.0 Å². The van der Waals surface area contributed by atoms with E-state index in [1.54, 1.807) is 42.5 Å². The van der Waals surface area contributed by atoms with Crippen molar-refractivity contribution >= 4 is 23.4 Å². The summed E-state index contributed by atoms with van der Waals surface area (Å²) in [6.07, 6.45) is 0.518. The molecule has 3 rings (SSSR count). The van der Waals surface area contributed by atoms with E-state index < -0.39 is 12.1 Å². The molecule has 3 aromatic rings. The molecule has 25 heavy (non-hydrogen) atoms. The number of tetrazole rings is 1. The number of halogens is 1. The molecule has 0 aliphatic rings. The van der Waals surface area contributed by atoms with Crippen LogP contribution < -0.4 is 0 Å². The standard InChI is InChI=1S/C17H13ClN4O3/c1-11(16(23)13-3-2-4-14(18)9-13)25-17(24)12-5-7-15(8-6-12)22-10-19-20-21-22/h2-11H,1H3/t11-/m0/s1. The van der Waals surface area contributed by atoms with E-state index in [4.69, 9.17) is 16.3 Å². The van der Waals surface area contributed by atoms with Crippen molar-refractivity contribution in [3.63, 3.8) is 0 Å². The van der Waals surface area contributed by atoms with E-state index in [1.807, 2.05) is 0 Å². The van der Waals surface area contributed by atoms with E-state index in [0.29, 0.717) is 21.8 Å². The molecule has 0 radical (unpaired) electrons. The first-order valence-corrected chi connectivity index (χ1v) is 7.76. The van der Waals surface area contributed by atoms with Crippen LogP contribution >= 0.6 is 11.6 Å². The fraction of sp³-hybridized carbons (Fsp3) is 0.118. The number of hydrogen-bond acceptors (Lipinski definition) is 6. The van der Waals surface area contributed by atoms with Crippen molar-refractivity contribution < 1.29 is 14.3 Å². The molecule has 0 amide bonds. The zero-order valence-corrected chi connectivity index (χ0v) is 13.9. The second kappa shape index (κ2) is 7.23. The first-order valence-electron chi connectivity index (χ1n) is 7.39. The molecule has 1 heterocycles. The number of benzene rings is 2. The van der Waals surface area contributed by atoms with Gasteiger partial charge in [0.1, 0.15) is 6.33 Å². The summed E-state index contributed by atoms with van der Waals surface area (Å²) in [5, 5.41) is 11.3. The Bertz CT molecular complexity index is 895. The summed E-state index contributed by atoms with van der Waals surface area (Å²) in [6.45, 7) is 1.52. The first kappa shape index (κ1) is 16.8. The van der Waals surface area contributed by atoms with Crippen LogP contribution in [0.25, 0.3) is 5.69 Å². The van der Waals surface area contributed by atoms with Crippen LogP contribution in [0.15, 0.2) is 54.9 Å². The zero-order valence-electron chi connectivity index (χ0n) is 13.2. The number of esters is 1. The van der Waals surface area contributed by atoms with Crippen LogP contribution in [0.4, 0.5) is 0 Å². The van der Waals surface area contributed by atoms with Crippen LogP contribution in [0.1, 0.15) is 27.6 Å². The van der Waals surface area contributed by atoms with E-state index in [-0.39, 0.29) is 5.78 Å². The van der Waals surface area contributed by atoms with Crippen molar-refractivity contribution in [3.8, 4) is 5.69 Å². The maximum absolute atomic E-state index is 12.3. The Kier molecular flexibility index (Phi) is 4.85. The van der Waals surface area contributed by atoms with Crippen molar-refractivity contribution in [1.29, 1.82) is 0 Å². The minimum Gasteiger partial charge on any atom is -0.451 e. The van der Waals surface area contributed by atoms with Crippen LogP contribution in [-0.2, 0) is 4.74 Å². The van der Waals surface area contributed by atoms with Gasteiger partial charge >= 0.3 is 5.97 Å². The first-order chi connectivity index (χ1) is 12.0. The van der Waals surface area contributed by atoms with Gasteiger partial charge in [0.2, 0.25) is 5.78 Å². The van der Waals surface area contributed by atoms with Gasteiger partial charge in [-0.3, -0.25) is 4.79 Å². The van der Waals surface area contributed by atoms with E-state index in [9.17, 15) is 9.59 Å². The fourth-order valence-corrected chi connectivity index (χ4v) is 2.38. The van der Waals surface area contributed by atoms with E-state index in [0.717, 1.165) is 0 Å². The Hall–Kier alpha value is -3.06. The highest BCUT2D eigenvalue weighted by Crippen LogP contribution is 2.15. The second-order valence-corrected chi connectivity index (χ2v) is 5.66. The summed E-state index contributed by atoms with van der Waals surface area (Å²) in [4.78, 5) is 24.5. The Labute approximate surface area is 148 Å². The van der Waals surface area contributed by atoms with Gasteiger partial charge in [0.25, 0.3) is 0 Å². The van der Waals surface area contributed by atoms with Gasteiger partial charge in [0.15, 0.2) is 6.10 Å². The Morgan fingerprint density at radius 1 is 1.12 bits per heavy atom. The van der Waals surface area contributed by atoms with Crippen molar-refractivity contribution in [2.24, 2.45) is 0 Å². The van der Waals surface area contributed by atoms with Gasteiger partial charge in [-0.1, -0.05) is 23.7 Å². The van der Waals surface area contributed by atoms with Crippen molar-refractivity contribution in [1.82, 2.24) is 20.2 Å². The van der Waals surface area contributed by atoms with Crippen LogP contribution in [0.2, 0.25) is 5.02 Å². The smallest absolute Gasteiger partial charge is 0.338 e. The van der Waals surface area contributed by atoms with Gasteiger partial charge in [-0.15, -0.1) is 5.10 Å². The van der Waals surface area contributed by atoms with E-state index in [1.165, 1.54) is 24.0 Å². The molecule has 0 bridgehead atoms. The quantitative estimate of drug-likeness (QED) is 0.516. The van der Waals surface area contributed by atoms with E-state index in [2.05, 4.69) is 15.5 Å². The number of carbonyl (C=O) groups is 2. The number of Topliss-reactive ketones (excluding diaryl/α,β-unsaturated/α-hetero) is 1. The van der Waals surface area contributed by atoms with Crippen LogP contribution in [0.3, 0.4) is 0 Å². The Morgan fingerprint density at radius 3 is 2.52 bits per heavy atom. The SMILES string of the molecule is C[C@H](OC(=O)c1ccc(-n2cnnn2)cc1)C(=O)c1cccc(Cl)c1. The second-order valence-electron chi connectivity index (χ2n) is 5.22. The maximum Gasteiger partial charge on any atom is 0.338 e. The molecular formula is C17H13ClN4O3. The number of aromatic nitrogens is 4. The highest BCUT2D eigenvalue weighted by atomic mass is 35.5. The molecule has 0 fully saturated rings. The molecule has 2 aromatic carbocycles. The van der Waals surface area contributed by atoms with Crippen LogP contribution in [-0.4, -0.2) is 38.1 Å². The molecule has 0 saturated carbocycles. The maximum atomic E-state index is 12.3. The molecule has 7 nitrogen and oxygen atoms in total. The normalized spacial score (nSPS) is 11.8. The lowest BCUT2D eigenvalue weighted by molar-refractivity contribution is 0.0319. The Morgan fingerprint density at radius 2 is 1.88 bits per heavy atom. The number of ether oxygens (including phenoxy) is 1. The van der Waals surface area contributed by atoms with Crippen LogP contribution in [0, 0.1) is 0 Å². The monoisotopic (exact) mass is 356 g/mol. The summed E-state index contributed by atoms with van der Waals surface area (Å²) in [5.74, 6) is -0.910. The predicted octanol–water partition coefficient (Wildman–Crippen LogP) is 2.74. The average molecular weight is 357 g/mol. The van der Waals surface area contributed by atoms with Gasteiger partial charge in [0.05, 0.1) is 11.3 Å². The molecule has 0 unspecified atom stereocenters. The molecule has 0 aliphatic carbocycles. The molecule has 0 N–H and O–H groups in total. The molecule has 1 aromatic heterocycles. The number of carbonyl (C=O) groups excluding carboxylic acids is 2. The number of ketones is 1. The molecule has 1 atom stereocenters. The lowest BCUT2D eigenvalue weighted by atomic mass is 10.1. The van der Waals surface area contributed by atoms with Gasteiger partial charge in [-0.25, -0.2) is 9.48 Å². The van der Waals surface area contributed by atoms with Gasteiger partial charge in [0, 0.05) is 10.6 Å². The summed E-state index contributed by atoms with van der Waals surface area (Å²) < 4.78 is 6.70. The van der Waals surface area contributed by atoms with Gasteiger partial charge < -0.3 is 4.74 Å². The number of nitrogens with zero attached hydrogens (tertiary/aromatic N) is 4. The summed E-state index contributed by atoms with van der Waals surface area (Å²) >= 11 is 5.88. The van der Waals surface area contributed by atoms with Crippen LogP contribution in [0.5, 0.6) is 0 Å². The number of rotatable bonds is 5. The van der Waals surface area contributed by atoms with Gasteiger partial charge in [-0.05, 0) is 53.7 Å². The summed E-state index contributed by atoms with van der Waals surface area (Å²) in [6, 6.07) is 13.0. The summed E-state index contributed by atoms with van der Waals surface area (Å²) in [5.41, 5.74) is 1.41. The topological polar surface area (TPSA) is 87.0 Å².